The van der Waals surface area contributed by atoms with Crippen molar-refractivity contribution in [3.63, 3.8) is 0 Å². The van der Waals surface area contributed by atoms with Crippen molar-refractivity contribution in [3.05, 3.63) is 77.4 Å². The summed E-state index contributed by atoms with van der Waals surface area (Å²) in [4.78, 5) is 12.7. The molecule has 0 aliphatic carbocycles. The molecule has 0 saturated carbocycles. The van der Waals surface area contributed by atoms with Gasteiger partial charge < -0.3 is 9.84 Å². The van der Waals surface area contributed by atoms with Gasteiger partial charge >= 0.3 is 0 Å². The van der Waals surface area contributed by atoms with Gasteiger partial charge in [-0.2, -0.15) is 0 Å². The molecule has 2 unspecified atom stereocenters. The zero-order chi connectivity index (χ0) is 16.4. The number of ether oxygens (including phenoxy) is 1. The third-order valence-electron chi connectivity index (χ3n) is 4.21. The van der Waals surface area contributed by atoms with Gasteiger partial charge in [0.25, 0.3) is 0 Å². The van der Waals surface area contributed by atoms with Crippen LogP contribution in [-0.4, -0.2) is 17.0 Å². The number of aliphatic hydroxyl groups excluding tert-OH is 1. The fraction of sp³-hybridized carbons (Fsp3) is 0.250. The van der Waals surface area contributed by atoms with Crippen molar-refractivity contribution in [2.24, 2.45) is 0 Å². The number of carbonyl (C=O) groups excluding carboxylic acids is 1. The lowest BCUT2D eigenvalue weighted by Gasteiger charge is -2.41. The summed E-state index contributed by atoms with van der Waals surface area (Å²) in [5.41, 5.74) is 1.25. The van der Waals surface area contributed by atoms with E-state index in [0.717, 1.165) is 11.1 Å². The fourth-order valence-corrected chi connectivity index (χ4v) is 2.93. The van der Waals surface area contributed by atoms with Gasteiger partial charge in [-0.25, -0.2) is 0 Å². The first-order valence-electron chi connectivity index (χ1n) is 7.74. The summed E-state index contributed by atoms with van der Waals surface area (Å²) in [6, 6.07) is 16.5. The number of aliphatic hydroxyl groups is 1. The number of fused-ring (bicyclic) bond motifs is 1. The summed E-state index contributed by atoms with van der Waals surface area (Å²) in [5.74, 6) is 0.228. The molecule has 2 aromatic carbocycles. The van der Waals surface area contributed by atoms with Gasteiger partial charge in [0.15, 0.2) is 17.5 Å². The maximum absolute atomic E-state index is 12.7. The number of allylic oxidation sites excluding steroid dienone is 1. The molecule has 1 heterocycles. The van der Waals surface area contributed by atoms with E-state index >= 15 is 0 Å². The predicted molar refractivity (Wildman–Crippen MR) is 89.6 cm³/mol. The highest BCUT2D eigenvalue weighted by molar-refractivity contribution is 6.03. The molecule has 0 amide bonds. The quantitative estimate of drug-likeness (QED) is 0.875. The fourth-order valence-electron chi connectivity index (χ4n) is 2.93. The maximum Gasteiger partial charge on any atom is 0.199 e. The summed E-state index contributed by atoms with van der Waals surface area (Å²) in [5, 5.41) is 10.8. The SMILES string of the molecule is CC(C)=CCC1(c2ccccc2)Oc2ccccc2C(=O)C1O. The first kappa shape index (κ1) is 15.5. The molecule has 0 fully saturated rings. The van der Waals surface area contributed by atoms with E-state index < -0.39 is 11.7 Å². The van der Waals surface area contributed by atoms with Crippen LogP contribution < -0.4 is 4.74 Å². The van der Waals surface area contributed by atoms with Gasteiger partial charge in [-0.1, -0.05) is 54.1 Å². The zero-order valence-corrected chi connectivity index (χ0v) is 13.3. The van der Waals surface area contributed by atoms with E-state index in [1.165, 1.54) is 0 Å². The highest BCUT2D eigenvalue weighted by Gasteiger charge is 2.49. The Morgan fingerprint density at radius 1 is 1.13 bits per heavy atom. The lowest BCUT2D eigenvalue weighted by Crippen LogP contribution is -2.52. The Kier molecular flexibility index (Phi) is 4.05. The molecule has 0 saturated heterocycles. The van der Waals surface area contributed by atoms with Crippen LogP contribution in [0.25, 0.3) is 0 Å². The molecule has 3 nitrogen and oxygen atoms in total. The van der Waals surface area contributed by atoms with E-state index in [1.54, 1.807) is 18.2 Å². The summed E-state index contributed by atoms with van der Waals surface area (Å²) < 4.78 is 6.22. The molecule has 1 N–H and O–H groups in total. The Bertz CT molecular complexity index is 744. The molecule has 1 aliphatic rings. The lowest BCUT2D eigenvalue weighted by molar-refractivity contribution is -0.0510. The minimum atomic E-state index is -1.24. The topological polar surface area (TPSA) is 46.5 Å². The molecule has 23 heavy (non-hydrogen) atoms. The number of ketones is 1. The third kappa shape index (κ3) is 2.68. The van der Waals surface area contributed by atoms with Crippen molar-refractivity contribution in [3.8, 4) is 5.75 Å². The number of rotatable bonds is 3. The lowest BCUT2D eigenvalue weighted by atomic mass is 9.79. The van der Waals surface area contributed by atoms with E-state index in [0.29, 0.717) is 17.7 Å². The molecule has 2 atom stereocenters. The van der Waals surface area contributed by atoms with Gasteiger partial charge in [-0.3, -0.25) is 4.79 Å². The van der Waals surface area contributed by atoms with Crippen LogP contribution in [0.15, 0.2) is 66.2 Å². The number of hydrogen-bond acceptors (Lipinski definition) is 3. The molecule has 0 radical (unpaired) electrons. The summed E-state index contributed by atoms with van der Waals surface area (Å²) >= 11 is 0. The Morgan fingerprint density at radius 3 is 2.48 bits per heavy atom. The molecule has 0 bridgehead atoms. The van der Waals surface area contributed by atoms with E-state index in [2.05, 4.69) is 0 Å². The summed E-state index contributed by atoms with van der Waals surface area (Å²) in [6.45, 7) is 3.98. The van der Waals surface area contributed by atoms with Crippen LogP contribution in [0.1, 0.15) is 36.2 Å². The monoisotopic (exact) mass is 308 g/mol. The Morgan fingerprint density at radius 2 is 1.78 bits per heavy atom. The van der Waals surface area contributed by atoms with Crippen molar-refractivity contribution in [2.75, 3.05) is 0 Å². The van der Waals surface area contributed by atoms with Crippen LogP contribution in [0.4, 0.5) is 0 Å². The van der Waals surface area contributed by atoms with Gasteiger partial charge in [0.05, 0.1) is 5.56 Å². The molecular weight excluding hydrogens is 288 g/mol. The minimum absolute atomic E-state index is 0.294. The van der Waals surface area contributed by atoms with Gasteiger partial charge in [-0.15, -0.1) is 0 Å². The van der Waals surface area contributed by atoms with Crippen LogP contribution >= 0.6 is 0 Å². The highest BCUT2D eigenvalue weighted by atomic mass is 16.5. The Hall–Kier alpha value is -2.39. The number of carbonyl (C=O) groups is 1. The van der Waals surface area contributed by atoms with Gasteiger partial charge in [0.2, 0.25) is 0 Å². The number of benzene rings is 2. The number of para-hydroxylation sites is 1. The van der Waals surface area contributed by atoms with Gasteiger partial charge in [0.1, 0.15) is 5.75 Å². The first-order chi connectivity index (χ1) is 11.0. The van der Waals surface area contributed by atoms with Crippen LogP contribution in [0.2, 0.25) is 0 Å². The molecule has 3 rings (SSSR count). The largest absolute Gasteiger partial charge is 0.478 e. The molecule has 2 aromatic rings. The maximum atomic E-state index is 12.7. The van der Waals surface area contributed by atoms with E-state index in [-0.39, 0.29) is 5.78 Å². The van der Waals surface area contributed by atoms with Gasteiger partial charge in [-0.05, 0) is 31.5 Å². The number of Topliss-reactive ketones (excluding diaryl/α,β-unsaturated/α-hetero) is 1. The zero-order valence-electron chi connectivity index (χ0n) is 13.3. The molecule has 0 spiro atoms. The van der Waals surface area contributed by atoms with Crippen LogP contribution in [-0.2, 0) is 5.60 Å². The van der Waals surface area contributed by atoms with Crippen molar-refractivity contribution in [2.45, 2.75) is 32.0 Å². The summed E-state index contributed by atoms with van der Waals surface area (Å²) in [7, 11) is 0. The van der Waals surface area contributed by atoms with Crippen molar-refractivity contribution < 1.29 is 14.6 Å². The third-order valence-corrected chi connectivity index (χ3v) is 4.21. The van der Waals surface area contributed by atoms with E-state index in [1.807, 2.05) is 56.3 Å². The molecule has 118 valence electrons. The molecular formula is C20H20O3. The van der Waals surface area contributed by atoms with Crippen molar-refractivity contribution >= 4 is 5.78 Å². The second kappa shape index (κ2) is 6.01. The Labute approximate surface area is 136 Å². The second-order valence-corrected chi connectivity index (χ2v) is 6.11. The Balaban J connectivity index is 2.16. The highest BCUT2D eigenvalue weighted by Crippen LogP contribution is 2.42. The first-order valence-corrected chi connectivity index (χ1v) is 7.74. The average Bonchev–Trinajstić information content (AvgIpc) is 2.58. The van der Waals surface area contributed by atoms with Crippen LogP contribution in [0, 0.1) is 0 Å². The standard InChI is InChI=1S/C20H20O3/c1-14(2)12-13-20(15-8-4-3-5-9-15)19(22)18(21)16-10-6-7-11-17(16)23-20/h3-12,19,22H,13H2,1-2H3. The molecule has 3 heteroatoms. The van der Waals surface area contributed by atoms with Crippen molar-refractivity contribution in [1.29, 1.82) is 0 Å². The van der Waals surface area contributed by atoms with E-state index in [9.17, 15) is 9.90 Å². The van der Waals surface area contributed by atoms with Gasteiger partial charge in [0, 0.05) is 6.42 Å². The predicted octanol–water partition coefficient (Wildman–Crippen LogP) is 3.87. The smallest absolute Gasteiger partial charge is 0.199 e. The van der Waals surface area contributed by atoms with Crippen LogP contribution in [0.3, 0.4) is 0 Å². The molecule has 1 aliphatic heterocycles. The second-order valence-electron chi connectivity index (χ2n) is 6.11. The average molecular weight is 308 g/mol. The normalized spacial score (nSPS) is 22.9. The number of hydrogen-bond donors (Lipinski definition) is 1. The molecule has 0 aromatic heterocycles. The minimum Gasteiger partial charge on any atom is -0.478 e. The van der Waals surface area contributed by atoms with Crippen molar-refractivity contribution in [1.82, 2.24) is 0 Å². The summed E-state index contributed by atoms with van der Waals surface area (Å²) in [6.07, 6.45) is 1.19. The van der Waals surface area contributed by atoms with Crippen LogP contribution in [0.5, 0.6) is 5.75 Å². The van der Waals surface area contributed by atoms with E-state index in [4.69, 9.17) is 4.74 Å².